The SMILES string of the molecule is CNCc1cc(Oc2cccc(Cl)c2)ncc1Cl. The highest BCUT2D eigenvalue weighted by Gasteiger charge is 2.05. The molecule has 0 saturated heterocycles. The summed E-state index contributed by atoms with van der Waals surface area (Å²) in [5.74, 6) is 1.14. The highest BCUT2D eigenvalue weighted by Crippen LogP contribution is 2.25. The highest BCUT2D eigenvalue weighted by molar-refractivity contribution is 6.31. The Bertz CT molecular complexity index is 546. The molecule has 1 aromatic heterocycles. The van der Waals surface area contributed by atoms with Crippen molar-refractivity contribution < 1.29 is 4.74 Å². The first-order chi connectivity index (χ1) is 8.69. The van der Waals surface area contributed by atoms with E-state index >= 15 is 0 Å². The second-order valence-corrected chi connectivity index (χ2v) is 4.55. The summed E-state index contributed by atoms with van der Waals surface area (Å²) in [7, 11) is 1.86. The third-order valence-electron chi connectivity index (χ3n) is 2.30. The van der Waals surface area contributed by atoms with Gasteiger partial charge in [-0.3, -0.25) is 0 Å². The van der Waals surface area contributed by atoms with E-state index in [0.717, 1.165) is 5.56 Å². The van der Waals surface area contributed by atoms with Crippen molar-refractivity contribution in [1.29, 1.82) is 0 Å². The second kappa shape index (κ2) is 6.05. The van der Waals surface area contributed by atoms with Crippen molar-refractivity contribution >= 4 is 23.2 Å². The first kappa shape index (κ1) is 13.1. The number of rotatable bonds is 4. The number of nitrogens with one attached hydrogen (secondary N) is 1. The Morgan fingerprint density at radius 1 is 1.28 bits per heavy atom. The molecule has 0 spiro atoms. The van der Waals surface area contributed by atoms with Crippen LogP contribution < -0.4 is 10.1 Å². The van der Waals surface area contributed by atoms with Crippen LogP contribution in [0.25, 0.3) is 0 Å². The fraction of sp³-hybridized carbons (Fsp3) is 0.154. The minimum Gasteiger partial charge on any atom is -0.439 e. The lowest BCUT2D eigenvalue weighted by atomic mass is 10.2. The molecule has 1 heterocycles. The molecule has 0 amide bonds. The van der Waals surface area contributed by atoms with Crippen LogP contribution in [0.5, 0.6) is 11.6 Å². The Morgan fingerprint density at radius 2 is 2.11 bits per heavy atom. The van der Waals surface area contributed by atoms with E-state index < -0.39 is 0 Å². The molecule has 2 aromatic rings. The number of aromatic nitrogens is 1. The Balaban J connectivity index is 2.21. The summed E-state index contributed by atoms with van der Waals surface area (Å²) in [5.41, 5.74) is 0.936. The zero-order valence-corrected chi connectivity index (χ0v) is 11.3. The molecule has 18 heavy (non-hydrogen) atoms. The van der Waals surface area contributed by atoms with E-state index in [1.165, 1.54) is 0 Å². The van der Waals surface area contributed by atoms with E-state index in [1.807, 2.05) is 19.2 Å². The summed E-state index contributed by atoms with van der Waals surface area (Å²) < 4.78 is 5.62. The van der Waals surface area contributed by atoms with Crippen molar-refractivity contribution in [3.8, 4) is 11.6 Å². The molecule has 0 aliphatic carbocycles. The summed E-state index contributed by atoms with van der Waals surface area (Å²) in [6.07, 6.45) is 1.58. The summed E-state index contributed by atoms with van der Waals surface area (Å²) >= 11 is 11.9. The van der Waals surface area contributed by atoms with E-state index in [0.29, 0.717) is 28.2 Å². The van der Waals surface area contributed by atoms with Crippen LogP contribution in [-0.2, 0) is 6.54 Å². The van der Waals surface area contributed by atoms with Gasteiger partial charge >= 0.3 is 0 Å². The highest BCUT2D eigenvalue weighted by atomic mass is 35.5. The minimum atomic E-state index is 0.493. The molecule has 0 aliphatic heterocycles. The molecular formula is C13H12Cl2N2O. The second-order valence-electron chi connectivity index (χ2n) is 3.70. The lowest BCUT2D eigenvalue weighted by Gasteiger charge is -2.08. The molecule has 1 aromatic carbocycles. The van der Waals surface area contributed by atoms with Crippen LogP contribution in [0.2, 0.25) is 10.0 Å². The number of benzene rings is 1. The predicted octanol–water partition coefficient (Wildman–Crippen LogP) is 3.90. The maximum absolute atomic E-state index is 6.02. The van der Waals surface area contributed by atoms with Gasteiger partial charge in [0.1, 0.15) is 5.75 Å². The Labute approximate surface area is 116 Å². The van der Waals surface area contributed by atoms with E-state index in [-0.39, 0.29) is 0 Å². The van der Waals surface area contributed by atoms with Crippen LogP contribution in [0.3, 0.4) is 0 Å². The van der Waals surface area contributed by atoms with E-state index in [1.54, 1.807) is 24.4 Å². The molecule has 5 heteroatoms. The summed E-state index contributed by atoms with van der Waals surface area (Å²) in [5, 5.41) is 4.27. The zero-order valence-electron chi connectivity index (χ0n) is 9.78. The third-order valence-corrected chi connectivity index (χ3v) is 2.87. The van der Waals surface area contributed by atoms with Gasteiger partial charge in [-0.1, -0.05) is 29.3 Å². The lowest BCUT2D eigenvalue weighted by Crippen LogP contribution is -2.06. The van der Waals surface area contributed by atoms with Crippen molar-refractivity contribution in [2.75, 3.05) is 7.05 Å². The lowest BCUT2D eigenvalue weighted by molar-refractivity contribution is 0.462. The smallest absolute Gasteiger partial charge is 0.219 e. The average molecular weight is 283 g/mol. The maximum atomic E-state index is 6.02. The Kier molecular flexibility index (Phi) is 4.42. The van der Waals surface area contributed by atoms with Crippen LogP contribution in [0.15, 0.2) is 36.5 Å². The average Bonchev–Trinajstić information content (AvgIpc) is 2.34. The maximum Gasteiger partial charge on any atom is 0.219 e. The number of hydrogen-bond donors (Lipinski definition) is 1. The molecule has 1 N–H and O–H groups in total. The van der Waals surface area contributed by atoms with Crippen molar-refractivity contribution in [3.05, 3.63) is 52.1 Å². The first-order valence-electron chi connectivity index (χ1n) is 5.41. The van der Waals surface area contributed by atoms with Gasteiger partial charge in [-0.15, -0.1) is 0 Å². The fourth-order valence-corrected chi connectivity index (χ4v) is 1.84. The molecule has 0 unspecified atom stereocenters. The number of ether oxygens (including phenoxy) is 1. The molecule has 0 bridgehead atoms. The standard InChI is InChI=1S/C13H12Cl2N2O/c1-16-7-9-5-13(17-8-12(9)15)18-11-4-2-3-10(14)6-11/h2-6,8,16H,7H2,1H3. The van der Waals surface area contributed by atoms with Crippen molar-refractivity contribution in [2.45, 2.75) is 6.54 Å². The van der Waals surface area contributed by atoms with Gasteiger partial charge in [-0.25, -0.2) is 4.98 Å². The van der Waals surface area contributed by atoms with E-state index in [9.17, 15) is 0 Å². The molecule has 0 aliphatic rings. The molecule has 94 valence electrons. The van der Waals surface area contributed by atoms with Gasteiger partial charge < -0.3 is 10.1 Å². The zero-order chi connectivity index (χ0) is 13.0. The molecule has 0 radical (unpaired) electrons. The van der Waals surface area contributed by atoms with Crippen molar-refractivity contribution in [3.63, 3.8) is 0 Å². The van der Waals surface area contributed by atoms with Crippen LogP contribution in [-0.4, -0.2) is 12.0 Å². The molecule has 0 saturated carbocycles. The summed E-state index contributed by atoms with van der Waals surface area (Å²) in [6.45, 7) is 0.660. The minimum absolute atomic E-state index is 0.493. The normalized spacial score (nSPS) is 10.4. The van der Waals surface area contributed by atoms with Gasteiger partial charge in [0, 0.05) is 23.8 Å². The van der Waals surface area contributed by atoms with Gasteiger partial charge in [0.2, 0.25) is 5.88 Å². The fourth-order valence-electron chi connectivity index (χ4n) is 1.49. The number of halogens is 2. The number of nitrogens with zero attached hydrogens (tertiary/aromatic N) is 1. The summed E-state index contributed by atoms with van der Waals surface area (Å²) in [6, 6.07) is 8.97. The monoisotopic (exact) mass is 282 g/mol. The Hall–Kier alpha value is -1.29. The Morgan fingerprint density at radius 3 is 2.83 bits per heavy atom. The van der Waals surface area contributed by atoms with E-state index in [2.05, 4.69) is 10.3 Å². The van der Waals surface area contributed by atoms with Crippen LogP contribution in [0.1, 0.15) is 5.56 Å². The van der Waals surface area contributed by atoms with Gasteiger partial charge in [-0.2, -0.15) is 0 Å². The topological polar surface area (TPSA) is 34.1 Å². The van der Waals surface area contributed by atoms with Crippen molar-refractivity contribution in [2.24, 2.45) is 0 Å². The van der Waals surface area contributed by atoms with Gasteiger partial charge in [-0.05, 0) is 30.8 Å². The van der Waals surface area contributed by atoms with E-state index in [4.69, 9.17) is 27.9 Å². The predicted molar refractivity (Wildman–Crippen MR) is 73.5 cm³/mol. The summed E-state index contributed by atoms with van der Waals surface area (Å²) in [4.78, 5) is 4.12. The first-order valence-corrected chi connectivity index (χ1v) is 6.17. The van der Waals surface area contributed by atoms with Crippen LogP contribution in [0.4, 0.5) is 0 Å². The van der Waals surface area contributed by atoms with Crippen LogP contribution in [0, 0.1) is 0 Å². The molecule has 3 nitrogen and oxygen atoms in total. The molecule has 0 fully saturated rings. The number of hydrogen-bond acceptors (Lipinski definition) is 3. The van der Waals surface area contributed by atoms with Gasteiger partial charge in [0.25, 0.3) is 0 Å². The molecular weight excluding hydrogens is 271 g/mol. The number of pyridine rings is 1. The van der Waals surface area contributed by atoms with Crippen LogP contribution >= 0.6 is 23.2 Å². The van der Waals surface area contributed by atoms with Gasteiger partial charge in [0.15, 0.2) is 0 Å². The molecule has 2 rings (SSSR count). The quantitative estimate of drug-likeness (QED) is 0.924. The van der Waals surface area contributed by atoms with Crippen molar-refractivity contribution in [1.82, 2.24) is 10.3 Å². The molecule has 0 atom stereocenters. The van der Waals surface area contributed by atoms with Gasteiger partial charge in [0.05, 0.1) is 5.02 Å². The third kappa shape index (κ3) is 3.35. The largest absolute Gasteiger partial charge is 0.439 e.